The van der Waals surface area contributed by atoms with Crippen molar-refractivity contribution in [3.05, 3.63) is 54.0 Å². The summed E-state index contributed by atoms with van der Waals surface area (Å²) in [4.78, 5) is 2.47. The van der Waals surface area contributed by atoms with E-state index in [1.807, 2.05) is 12.1 Å². The fourth-order valence-electron chi connectivity index (χ4n) is 2.63. The van der Waals surface area contributed by atoms with Crippen molar-refractivity contribution < 1.29 is 9.73 Å². The van der Waals surface area contributed by atoms with Crippen LogP contribution < -0.4 is 10.2 Å². The molecular weight excluding hydrogens is 236 g/mol. The number of nitrogens with two attached hydrogens (primary N) is 1. The summed E-state index contributed by atoms with van der Waals surface area (Å²) < 4.78 is 5.32. The van der Waals surface area contributed by atoms with Gasteiger partial charge in [0.05, 0.1) is 6.26 Å². The zero-order chi connectivity index (χ0) is 12.9. The zero-order valence-electron chi connectivity index (χ0n) is 11.2. The van der Waals surface area contributed by atoms with Gasteiger partial charge in [-0.15, -0.1) is 0 Å². The minimum Gasteiger partial charge on any atom is -0.463 e. The molecule has 0 amide bonds. The molecule has 3 heteroatoms. The number of hydrogen-bond donors (Lipinski definition) is 1. The maximum atomic E-state index is 5.32. The molecule has 1 aliphatic rings. The van der Waals surface area contributed by atoms with Gasteiger partial charge in [0.15, 0.2) is 5.76 Å². The first-order chi connectivity index (χ1) is 9.42. The Kier molecular flexibility index (Phi) is 3.84. The molecule has 0 unspecified atom stereocenters. The summed E-state index contributed by atoms with van der Waals surface area (Å²) in [5, 5.41) is 2.27. The summed E-state index contributed by atoms with van der Waals surface area (Å²) in [6, 6.07) is 12.9. The number of nitrogens with zero attached hydrogens (tertiary/aromatic N) is 1. The molecule has 2 N–H and O–H groups in total. The molecule has 0 bridgehead atoms. The quantitative estimate of drug-likeness (QED) is 0.890. The summed E-state index contributed by atoms with van der Waals surface area (Å²) in [5.41, 5.74) is 2.74. The van der Waals surface area contributed by atoms with Crippen molar-refractivity contribution in [1.29, 1.82) is 0 Å². The average Bonchev–Trinajstić information content (AvgIpc) is 3.13. The fraction of sp³-hybridized carbons (Fsp3) is 0.375. The molecular formula is C16H21N2O+. The summed E-state index contributed by atoms with van der Waals surface area (Å²) in [5.74, 6) is 1.04. The molecule has 1 aromatic carbocycles. The smallest absolute Gasteiger partial charge is 0.157 e. The highest BCUT2D eigenvalue weighted by Gasteiger charge is 2.11. The van der Waals surface area contributed by atoms with Crippen LogP contribution >= 0.6 is 0 Å². The molecule has 0 radical (unpaired) electrons. The van der Waals surface area contributed by atoms with Crippen molar-refractivity contribution in [3.8, 4) is 0 Å². The highest BCUT2D eigenvalue weighted by molar-refractivity contribution is 5.48. The van der Waals surface area contributed by atoms with E-state index < -0.39 is 0 Å². The lowest BCUT2D eigenvalue weighted by Gasteiger charge is -2.17. The van der Waals surface area contributed by atoms with Gasteiger partial charge < -0.3 is 14.6 Å². The minimum atomic E-state index is 0.904. The van der Waals surface area contributed by atoms with Crippen LogP contribution in [0.15, 0.2) is 47.1 Å². The highest BCUT2D eigenvalue weighted by atomic mass is 16.3. The number of quaternary nitrogens is 1. The Morgan fingerprint density at radius 2 is 1.79 bits per heavy atom. The molecule has 0 atom stereocenters. The van der Waals surface area contributed by atoms with E-state index in [0.29, 0.717) is 0 Å². The second-order valence-corrected chi connectivity index (χ2v) is 5.14. The summed E-state index contributed by atoms with van der Waals surface area (Å²) in [7, 11) is 0. The lowest BCUT2D eigenvalue weighted by molar-refractivity contribution is -0.687. The van der Waals surface area contributed by atoms with Gasteiger partial charge in [-0.1, -0.05) is 12.1 Å². The first-order valence-electron chi connectivity index (χ1n) is 7.10. The SMILES string of the molecule is c1coc(C[NH2+]Cc2ccc(N3CCCC3)cc2)c1. The zero-order valence-corrected chi connectivity index (χ0v) is 11.2. The van der Waals surface area contributed by atoms with Crippen molar-refractivity contribution in [2.24, 2.45) is 0 Å². The van der Waals surface area contributed by atoms with Gasteiger partial charge in [0.25, 0.3) is 0 Å². The Balaban J connectivity index is 1.51. The molecule has 1 saturated heterocycles. The number of anilines is 1. The van der Waals surface area contributed by atoms with Crippen LogP contribution in [0, 0.1) is 0 Å². The molecule has 0 saturated carbocycles. The second-order valence-electron chi connectivity index (χ2n) is 5.14. The lowest BCUT2D eigenvalue weighted by atomic mass is 10.2. The minimum absolute atomic E-state index is 0.904. The largest absolute Gasteiger partial charge is 0.463 e. The van der Waals surface area contributed by atoms with E-state index in [-0.39, 0.29) is 0 Å². The van der Waals surface area contributed by atoms with Crippen molar-refractivity contribution in [1.82, 2.24) is 0 Å². The first kappa shape index (κ1) is 12.3. The van der Waals surface area contributed by atoms with Crippen LogP contribution in [0.1, 0.15) is 24.2 Å². The highest BCUT2D eigenvalue weighted by Crippen LogP contribution is 2.20. The third-order valence-electron chi connectivity index (χ3n) is 3.71. The average molecular weight is 257 g/mol. The van der Waals surface area contributed by atoms with Gasteiger partial charge in [0.2, 0.25) is 0 Å². The van der Waals surface area contributed by atoms with Gasteiger partial charge in [-0.05, 0) is 37.1 Å². The topological polar surface area (TPSA) is 33.0 Å². The van der Waals surface area contributed by atoms with Crippen LogP contribution in [0.3, 0.4) is 0 Å². The van der Waals surface area contributed by atoms with Crippen LogP contribution in [-0.2, 0) is 13.1 Å². The maximum absolute atomic E-state index is 5.32. The molecule has 1 aliphatic heterocycles. The van der Waals surface area contributed by atoms with Gasteiger partial charge in [0, 0.05) is 24.3 Å². The number of hydrogen-bond acceptors (Lipinski definition) is 2. The van der Waals surface area contributed by atoms with Gasteiger partial charge in [0.1, 0.15) is 13.1 Å². The Morgan fingerprint density at radius 3 is 2.47 bits per heavy atom. The second kappa shape index (κ2) is 5.93. The van der Waals surface area contributed by atoms with E-state index in [9.17, 15) is 0 Å². The molecule has 19 heavy (non-hydrogen) atoms. The van der Waals surface area contributed by atoms with E-state index >= 15 is 0 Å². The monoisotopic (exact) mass is 257 g/mol. The molecule has 3 rings (SSSR count). The number of rotatable bonds is 5. The van der Waals surface area contributed by atoms with E-state index in [0.717, 1.165) is 18.8 Å². The first-order valence-corrected chi connectivity index (χ1v) is 7.10. The summed E-state index contributed by atoms with van der Waals surface area (Å²) in [6.07, 6.45) is 4.39. The molecule has 100 valence electrons. The van der Waals surface area contributed by atoms with Gasteiger partial charge >= 0.3 is 0 Å². The molecule has 2 aromatic rings. The van der Waals surface area contributed by atoms with E-state index in [2.05, 4.69) is 34.5 Å². The molecule has 2 heterocycles. The van der Waals surface area contributed by atoms with Gasteiger partial charge in [-0.3, -0.25) is 0 Å². The van der Waals surface area contributed by atoms with E-state index in [1.54, 1.807) is 6.26 Å². The number of furan rings is 1. The van der Waals surface area contributed by atoms with Crippen LogP contribution in [0.25, 0.3) is 0 Å². The van der Waals surface area contributed by atoms with Gasteiger partial charge in [-0.2, -0.15) is 0 Å². The van der Waals surface area contributed by atoms with Gasteiger partial charge in [-0.25, -0.2) is 0 Å². The predicted octanol–water partition coefficient (Wildman–Crippen LogP) is 2.14. The molecule has 3 nitrogen and oxygen atoms in total. The van der Waals surface area contributed by atoms with Crippen LogP contribution in [-0.4, -0.2) is 13.1 Å². The van der Waals surface area contributed by atoms with E-state index in [1.165, 1.54) is 37.2 Å². The van der Waals surface area contributed by atoms with Crippen molar-refractivity contribution >= 4 is 5.69 Å². The van der Waals surface area contributed by atoms with Crippen LogP contribution in [0.2, 0.25) is 0 Å². The van der Waals surface area contributed by atoms with Crippen LogP contribution in [0.4, 0.5) is 5.69 Å². The Bertz CT molecular complexity index is 484. The summed E-state index contributed by atoms with van der Waals surface area (Å²) in [6.45, 7) is 4.33. The standard InChI is InChI=1S/C16H20N2O/c1-2-10-18(9-1)15-7-5-14(6-8-15)12-17-13-16-4-3-11-19-16/h3-8,11,17H,1-2,9-10,12-13H2/p+1. The molecule has 1 fully saturated rings. The molecule has 1 aromatic heterocycles. The molecule has 0 aliphatic carbocycles. The Morgan fingerprint density at radius 1 is 1.00 bits per heavy atom. The normalized spacial score (nSPS) is 15.1. The maximum Gasteiger partial charge on any atom is 0.157 e. The van der Waals surface area contributed by atoms with Crippen molar-refractivity contribution in [2.45, 2.75) is 25.9 Å². The lowest BCUT2D eigenvalue weighted by Crippen LogP contribution is -2.80. The fourth-order valence-corrected chi connectivity index (χ4v) is 2.63. The van der Waals surface area contributed by atoms with Crippen LogP contribution in [0.5, 0.6) is 0 Å². The Labute approximate surface area is 114 Å². The van der Waals surface area contributed by atoms with E-state index in [4.69, 9.17) is 4.42 Å². The molecule has 0 spiro atoms. The van der Waals surface area contributed by atoms with Crippen molar-refractivity contribution in [3.63, 3.8) is 0 Å². The Hall–Kier alpha value is -1.74. The third kappa shape index (κ3) is 3.18. The third-order valence-corrected chi connectivity index (χ3v) is 3.71. The predicted molar refractivity (Wildman–Crippen MR) is 75.9 cm³/mol. The van der Waals surface area contributed by atoms with Crippen molar-refractivity contribution in [2.75, 3.05) is 18.0 Å². The number of benzene rings is 1. The summed E-state index contributed by atoms with van der Waals surface area (Å²) >= 11 is 0.